The van der Waals surface area contributed by atoms with Gasteiger partial charge in [-0.15, -0.1) is 0 Å². The Balaban J connectivity index is 1.22. The second kappa shape index (κ2) is 16.7. The molecule has 2 unspecified atom stereocenters. The van der Waals surface area contributed by atoms with Gasteiger partial charge in [0, 0.05) is 24.3 Å². The number of fused-ring (bicyclic) bond motifs is 1. The average Bonchev–Trinajstić information content (AvgIpc) is 3.10. The van der Waals surface area contributed by atoms with Gasteiger partial charge in [-0.3, -0.25) is 14.5 Å². The molecule has 5 rings (SSSR count). The Bertz CT molecular complexity index is 1840. The quantitative estimate of drug-likeness (QED) is 0.0899. The second-order valence-electron chi connectivity index (χ2n) is 13.4. The van der Waals surface area contributed by atoms with Crippen molar-refractivity contribution in [3.8, 4) is 0 Å². The SMILES string of the molecule is CN(C)CC1CCC(CN=C(N)c2ccc(CC(C=O)NC(=O)C(Cc3ccccc3)S(=O)(=O)Nc3ccc4ccccc4c3)cc2)CC1. The first-order valence-corrected chi connectivity index (χ1v) is 18.5. The Morgan fingerprint density at radius 3 is 2.16 bits per heavy atom. The number of benzene rings is 4. The fourth-order valence-corrected chi connectivity index (χ4v) is 7.93. The molecule has 4 aromatic rings. The lowest BCUT2D eigenvalue weighted by Gasteiger charge is -2.29. The van der Waals surface area contributed by atoms with Gasteiger partial charge in [0.15, 0.2) is 5.25 Å². The van der Waals surface area contributed by atoms with Crippen LogP contribution in [-0.4, -0.2) is 69.8 Å². The van der Waals surface area contributed by atoms with Crippen molar-refractivity contribution in [2.75, 3.05) is 31.9 Å². The van der Waals surface area contributed by atoms with Crippen LogP contribution in [0, 0.1) is 11.8 Å². The molecule has 1 fully saturated rings. The van der Waals surface area contributed by atoms with E-state index in [0.717, 1.165) is 34.4 Å². The summed E-state index contributed by atoms with van der Waals surface area (Å²) >= 11 is 0. The van der Waals surface area contributed by atoms with E-state index in [1.807, 2.05) is 60.7 Å². The van der Waals surface area contributed by atoms with Gasteiger partial charge in [0.25, 0.3) is 0 Å². The molecule has 1 aliphatic carbocycles. The highest BCUT2D eigenvalue weighted by atomic mass is 32.2. The summed E-state index contributed by atoms with van der Waals surface area (Å²) in [5.74, 6) is 1.03. The number of aldehydes is 1. The molecular weight excluding hydrogens is 635 g/mol. The molecule has 0 spiro atoms. The topological polar surface area (TPSA) is 134 Å². The molecule has 0 bridgehead atoms. The summed E-state index contributed by atoms with van der Waals surface area (Å²) in [7, 11) is 0.0376. The van der Waals surface area contributed by atoms with Gasteiger partial charge in [-0.25, -0.2) is 8.42 Å². The normalized spacial score (nSPS) is 18.1. The van der Waals surface area contributed by atoms with E-state index >= 15 is 0 Å². The fraction of sp³-hybridized carbons (Fsp3) is 0.359. The lowest BCUT2D eigenvalue weighted by atomic mass is 9.82. The van der Waals surface area contributed by atoms with Gasteiger partial charge >= 0.3 is 0 Å². The number of amidine groups is 1. The van der Waals surface area contributed by atoms with E-state index in [-0.39, 0.29) is 12.8 Å². The van der Waals surface area contributed by atoms with E-state index in [2.05, 4.69) is 34.0 Å². The molecule has 1 saturated carbocycles. The third-order valence-corrected chi connectivity index (χ3v) is 10.9. The van der Waals surface area contributed by atoms with Gasteiger partial charge in [-0.05, 0) is 98.5 Å². The largest absolute Gasteiger partial charge is 0.384 e. The van der Waals surface area contributed by atoms with E-state index in [1.165, 1.54) is 25.7 Å². The average molecular weight is 682 g/mol. The first kappa shape index (κ1) is 35.8. The molecule has 2 atom stereocenters. The first-order valence-electron chi connectivity index (χ1n) is 16.9. The van der Waals surface area contributed by atoms with Crippen LogP contribution in [0.15, 0.2) is 102 Å². The van der Waals surface area contributed by atoms with Crippen molar-refractivity contribution in [2.24, 2.45) is 22.6 Å². The highest BCUT2D eigenvalue weighted by Gasteiger charge is 2.34. The van der Waals surface area contributed by atoms with Crippen LogP contribution in [0.5, 0.6) is 0 Å². The maximum atomic E-state index is 13.7. The summed E-state index contributed by atoms with van der Waals surface area (Å²) in [6, 6.07) is 28.3. The molecule has 0 heterocycles. The monoisotopic (exact) mass is 681 g/mol. The molecule has 9 nitrogen and oxygen atoms in total. The maximum absolute atomic E-state index is 13.7. The van der Waals surface area contributed by atoms with E-state index in [1.54, 1.807) is 36.4 Å². The van der Waals surface area contributed by atoms with E-state index in [4.69, 9.17) is 5.73 Å². The minimum absolute atomic E-state index is 0.0635. The summed E-state index contributed by atoms with van der Waals surface area (Å²) in [5.41, 5.74) is 8.96. The number of nitrogens with two attached hydrogens (primary N) is 1. The molecule has 1 aliphatic rings. The molecule has 4 N–H and O–H groups in total. The second-order valence-corrected chi connectivity index (χ2v) is 15.3. The highest BCUT2D eigenvalue weighted by Crippen LogP contribution is 2.29. The van der Waals surface area contributed by atoms with Gasteiger partial charge in [0.2, 0.25) is 15.9 Å². The predicted molar refractivity (Wildman–Crippen MR) is 198 cm³/mol. The summed E-state index contributed by atoms with van der Waals surface area (Å²) in [6.45, 7) is 1.85. The van der Waals surface area contributed by atoms with Crippen LogP contribution in [0.25, 0.3) is 10.8 Å². The van der Waals surface area contributed by atoms with Crippen LogP contribution in [0.1, 0.15) is 42.4 Å². The van der Waals surface area contributed by atoms with Crippen molar-refractivity contribution in [1.82, 2.24) is 10.2 Å². The van der Waals surface area contributed by atoms with Gasteiger partial charge in [0.1, 0.15) is 12.1 Å². The number of carbonyl (C=O) groups is 2. The van der Waals surface area contributed by atoms with Crippen molar-refractivity contribution in [3.05, 3.63) is 114 Å². The first-order chi connectivity index (χ1) is 23.6. The van der Waals surface area contributed by atoms with Gasteiger partial charge < -0.3 is 20.7 Å². The Kier molecular flexibility index (Phi) is 12.2. The van der Waals surface area contributed by atoms with Crippen molar-refractivity contribution < 1.29 is 18.0 Å². The number of carbonyl (C=O) groups excluding carboxylic acids is 2. The number of rotatable bonds is 15. The van der Waals surface area contributed by atoms with E-state index < -0.39 is 27.2 Å². The molecule has 49 heavy (non-hydrogen) atoms. The van der Waals surface area contributed by atoms with Crippen molar-refractivity contribution >= 4 is 44.5 Å². The third kappa shape index (κ3) is 10.2. The number of hydrogen-bond acceptors (Lipinski definition) is 6. The highest BCUT2D eigenvalue weighted by molar-refractivity contribution is 7.94. The zero-order chi connectivity index (χ0) is 34.8. The van der Waals surface area contributed by atoms with Crippen molar-refractivity contribution in [3.63, 3.8) is 0 Å². The number of hydrogen-bond donors (Lipinski definition) is 3. The Hall–Kier alpha value is -4.54. The van der Waals surface area contributed by atoms with Crippen LogP contribution in [0.2, 0.25) is 0 Å². The summed E-state index contributed by atoms with van der Waals surface area (Å²) in [5, 5.41) is 3.04. The van der Waals surface area contributed by atoms with Crippen LogP contribution >= 0.6 is 0 Å². The Labute approximate surface area is 290 Å². The minimum atomic E-state index is -4.21. The number of nitrogens with one attached hydrogen (secondary N) is 2. The van der Waals surface area contributed by atoms with Gasteiger partial charge in [0.05, 0.1) is 6.04 Å². The van der Waals surface area contributed by atoms with Crippen LogP contribution in [0.3, 0.4) is 0 Å². The molecule has 0 aliphatic heterocycles. The lowest BCUT2D eigenvalue weighted by molar-refractivity contribution is -0.123. The van der Waals surface area contributed by atoms with Crippen LogP contribution in [0.4, 0.5) is 5.69 Å². The zero-order valence-electron chi connectivity index (χ0n) is 28.3. The molecule has 4 aromatic carbocycles. The smallest absolute Gasteiger partial charge is 0.245 e. The molecule has 1 amide bonds. The maximum Gasteiger partial charge on any atom is 0.245 e. The van der Waals surface area contributed by atoms with E-state index in [9.17, 15) is 18.0 Å². The molecule has 0 saturated heterocycles. The summed E-state index contributed by atoms with van der Waals surface area (Å²) in [4.78, 5) is 32.7. The molecular formula is C39H47N5O4S. The van der Waals surface area contributed by atoms with Crippen LogP contribution in [-0.2, 0) is 32.5 Å². The standard InChI is InChI=1S/C39H47N5O4S/c1-44(2)26-31-14-12-30(13-15-31)25-41-38(40)33-18-16-29(17-19-33)22-36(27-45)42-39(46)37(23-28-8-4-3-5-9-28)49(47,48)43-35-21-20-32-10-6-7-11-34(32)24-35/h3-11,16-21,24,27,30-31,36-37,43H,12-15,22-23,25-26H2,1-2H3,(H2,40,41)(H,42,46). The third-order valence-electron chi connectivity index (χ3n) is 9.25. The predicted octanol–water partition coefficient (Wildman–Crippen LogP) is 5.19. The number of aliphatic imine (C=N–C) groups is 1. The zero-order valence-corrected chi connectivity index (χ0v) is 29.1. The Morgan fingerprint density at radius 2 is 1.49 bits per heavy atom. The minimum Gasteiger partial charge on any atom is -0.384 e. The number of anilines is 1. The molecule has 10 heteroatoms. The van der Waals surface area contributed by atoms with Gasteiger partial charge in [-0.2, -0.15) is 0 Å². The fourth-order valence-electron chi connectivity index (χ4n) is 6.57. The number of sulfonamides is 1. The van der Waals surface area contributed by atoms with Crippen molar-refractivity contribution in [2.45, 2.75) is 49.8 Å². The molecule has 258 valence electrons. The van der Waals surface area contributed by atoms with Crippen molar-refractivity contribution in [1.29, 1.82) is 0 Å². The van der Waals surface area contributed by atoms with Gasteiger partial charge in [-0.1, -0.05) is 84.9 Å². The molecule has 0 radical (unpaired) electrons. The van der Waals surface area contributed by atoms with E-state index in [0.29, 0.717) is 35.8 Å². The number of amides is 1. The summed E-state index contributed by atoms with van der Waals surface area (Å²) in [6.07, 6.45) is 5.55. The van der Waals surface area contributed by atoms with Crippen LogP contribution < -0.4 is 15.8 Å². The Morgan fingerprint density at radius 1 is 0.857 bits per heavy atom. The lowest BCUT2D eigenvalue weighted by Crippen LogP contribution is -2.48. The number of nitrogens with zero attached hydrogens (tertiary/aromatic N) is 2. The summed E-state index contributed by atoms with van der Waals surface area (Å²) < 4.78 is 30.1. The molecule has 0 aromatic heterocycles.